The number of carbonyl (C=O) groups is 2. The maximum absolute atomic E-state index is 10.7. The van der Waals surface area contributed by atoms with Gasteiger partial charge in [0.15, 0.2) is 0 Å². The van der Waals surface area contributed by atoms with Crippen LogP contribution in [-0.4, -0.2) is 22.2 Å². The van der Waals surface area contributed by atoms with E-state index in [9.17, 15) is 9.59 Å². The number of rotatable bonds is 5. The van der Waals surface area contributed by atoms with E-state index >= 15 is 0 Å². The van der Waals surface area contributed by atoms with Crippen molar-refractivity contribution in [1.82, 2.24) is 0 Å². The number of aryl methyl sites for hydroxylation is 1. The molecule has 0 radical (unpaired) electrons. The SMILES string of the molecule is O=C(O)CCc1ccc(I)cc1CC(=O)O. The molecule has 4 nitrogen and oxygen atoms in total. The summed E-state index contributed by atoms with van der Waals surface area (Å²) < 4.78 is 0.952. The molecule has 0 aliphatic carbocycles. The summed E-state index contributed by atoms with van der Waals surface area (Å²) in [5.74, 6) is -1.78. The highest BCUT2D eigenvalue weighted by molar-refractivity contribution is 14.1. The van der Waals surface area contributed by atoms with Gasteiger partial charge in [-0.25, -0.2) is 0 Å². The molecule has 1 aromatic carbocycles. The Morgan fingerprint density at radius 3 is 2.38 bits per heavy atom. The third-order valence-electron chi connectivity index (χ3n) is 2.12. The Balaban J connectivity index is 2.88. The number of carboxylic acids is 2. The fraction of sp³-hybridized carbons (Fsp3) is 0.273. The predicted molar refractivity (Wildman–Crippen MR) is 66.5 cm³/mol. The number of benzene rings is 1. The van der Waals surface area contributed by atoms with Crippen LogP contribution < -0.4 is 0 Å². The lowest BCUT2D eigenvalue weighted by Gasteiger charge is -2.07. The second kappa shape index (κ2) is 5.83. The summed E-state index contributed by atoms with van der Waals surface area (Å²) in [5.41, 5.74) is 1.49. The van der Waals surface area contributed by atoms with Gasteiger partial charge in [-0.1, -0.05) is 6.07 Å². The molecule has 0 saturated heterocycles. The third-order valence-corrected chi connectivity index (χ3v) is 2.79. The van der Waals surface area contributed by atoms with Crippen molar-refractivity contribution in [2.75, 3.05) is 0 Å². The van der Waals surface area contributed by atoms with Crippen LogP contribution in [0.3, 0.4) is 0 Å². The number of aliphatic carboxylic acids is 2. The van der Waals surface area contributed by atoms with Crippen LogP contribution in [-0.2, 0) is 22.4 Å². The van der Waals surface area contributed by atoms with Crippen molar-refractivity contribution in [2.24, 2.45) is 0 Å². The van der Waals surface area contributed by atoms with E-state index in [4.69, 9.17) is 10.2 Å². The lowest BCUT2D eigenvalue weighted by Crippen LogP contribution is -2.06. The quantitative estimate of drug-likeness (QED) is 0.807. The maximum Gasteiger partial charge on any atom is 0.307 e. The molecular weight excluding hydrogens is 323 g/mol. The van der Waals surface area contributed by atoms with Gasteiger partial charge >= 0.3 is 11.9 Å². The van der Waals surface area contributed by atoms with Crippen molar-refractivity contribution in [1.29, 1.82) is 0 Å². The van der Waals surface area contributed by atoms with Gasteiger partial charge in [0.1, 0.15) is 0 Å². The Kier molecular flexibility index (Phi) is 4.72. The van der Waals surface area contributed by atoms with Crippen LogP contribution in [0, 0.1) is 3.57 Å². The summed E-state index contributed by atoms with van der Waals surface area (Å²) in [7, 11) is 0. The zero-order valence-electron chi connectivity index (χ0n) is 8.44. The largest absolute Gasteiger partial charge is 0.481 e. The molecule has 5 heteroatoms. The Morgan fingerprint density at radius 1 is 1.12 bits per heavy atom. The van der Waals surface area contributed by atoms with Crippen LogP contribution in [0.15, 0.2) is 18.2 Å². The molecule has 0 bridgehead atoms. The van der Waals surface area contributed by atoms with Gasteiger partial charge in [0.25, 0.3) is 0 Å². The van der Waals surface area contributed by atoms with Crippen molar-refractivity contribution in [3.63, 3.8) is 0 Å². The van der Waals surface area contributed by atoms with Crippen LogP contribution in [0.5, 0.6) is 0 Å². The maximum atomic E-state index is 10.7. The average molecular weight is 334 g/mol. The zero-order chi connectivity index (χ0) is 12.1. The normalized spacial score (nSPS) is 10.1. The van der Waals surface area contributed by atoms with Crippen molar-refractivity contribution in [3.05, 3.63) is 32.9 Å². The fourth-order valence-electron chi connectivity index (χ4n) is 1.41. The smallest absolute Gasteiger partial charge is 0.307 e. The fourth-order valence-corrected chi connectivity index (χ4v) is 1.96. The first-order valence-corrected chi connectivity index (χ1v) is 5.78. The molecule has 0 aliphatic rings. The number of halogens is 1. The molecule has 1 rings (SSSR count). The molecule has 0 heterocycles. The monoisotopic (exact) mass is 334 g/mol. The molecule has 0 aliphatic heterocycles. The number of carboxylic acid groups (broad SMARTS) is 2. The Hall–Kier alpha value is -1.11. The highest BCUT2D eigenvalue weighted by Crippen LogP contribution is 2.16. The van der Waals surface area contributed by atoms with Crippen molar-refractivity contribution < 1.29 is 19.8 Å². The molecule has 0 fully saturated rings. The van der Waals surface area contributed by atoms with Crippen LogP contribution >= 0.6 is 22.6 Å². The van der Waals surface area contributed by atoms with Gasteiger partial charge in [0, 0.05) is 9.99 Å². The Morgan fingerprint density at radius 2 is 1.81 bits per heavy atom. The summed E-state index contributed by atoms with van der Waals surface area (Å²) in [4.78, 5) is 21.1. The first-order valence-electron chi connectivity index (χ1n) is 4.70. The van der Waals surface area contributed by atoms with E-state index < -0.39 is 11.9 Å². The molecule has 0 amide bonds. The van der Waals surface area contributed by atoms with Crippen molar-refractivity contribution >= 4 is 34.5 Å². The molecule has 0 spiro atoms. The zero-order valence-corrected chi connectivity index (χ0v) is 10.6. The third kappa shape index (κ3) is 4.18. The highest BCUT2D eigenvalue weighted by Gasteiger charge is 2.09. The van der Waals surface area contributed by atoms with Crippen LogP contribution in [0.25, 0.3) is 0 Å². The molecule has 86 valence electrons. The number of hydrogen-bond donors (Lipinski definition) is 2. The van der Waals surface area contributed by atoms with E-state index in [2.05, 4.69) is 22.6 Å². The summed E-state index contributed by atoms with van der Waals surface area (Å²) >= 11 is 2.10. The van der Waals surface area contributed by atoms with Crippen LogP contribution in [0.2, 0.25) is 0 Å². The predicted octanol–water partition coefficient (Wildman–Crippen LogP) is 1.94. The van der Waals surface area contributed by atoms with Gasteiger partial charge < -0.3 is 10.2 Å². The average Bonchev–Trinajstić information content (AvgIpc) is 2.15. The van der Waals surface area contributed by atoms with E-state index in [1.54, 1.807) is 12.1 Å². The molecule has 0 unspecified atom stereocenters. The van der Waals surface area contributed by atoms with Gasteiger partial charge in [0.05, 0.1) is 6.42 Å². The molecule has 0 aromatic heterocycles. The highest BCUT2D eigenvalue weighted by atomic mass is 127. The lowest BCUT2D eigenvalue weighted by atomic mass is 10.0. The van der Waals surface area contributed by atoms with E-state index in [1.165, 1.54) is 0 Å². The topological polar surface area (TPSA) is 74.6 Å². The Labute approximate surface area is 106 Å². The van der Waals surface area contributed by atoms with Gasteiger partial charge in [-0.05, 0) is 52.3 Å². The van der Waals surface area contributed by atoms with E-state index in [-0.39, 0.29) is 12.8 Å². The first kappa shape index (κ1) is 13.0. The van der Waals surface area contributed by atoms with Gasteiger partial charge in [-0.3, -0.25) is 9.59 Å². The summed E-state index contributed by atoms with van der Waals surface area (Å²) in [6, 6.07) is 5.43. The lowest BCUT2D eigenvalue weighted by molar-refractivity contribution is -0.137. The second-order valence-electron chi connectivity index (χ2n) is 3.38. The Bertz CT molecular complexity index is 414. The van der Waals surface area contributed by atoms with Crippen molar-refractivity contribution in [3.8, 4) is 0 Å². The van der Waals surface area contributed by atoms with E-state index in [0.717, 1.165) is 9.13 Å². The number of hydrogen-bond acceptors (Lipinski definition) is 2. The van der Waals surface area contributed by atoms with Crippen LogP contribution in [0.4, 0.5) is 0 Å². The minimum atomic E-state index is -0.904. The molecular formula is C11H11IO4. The first-order chi connectivity index (χ1) is 7.49. The van der Waals surface area contributed by atoms with Crippen molar-refractivity contribution in [2.45, 2.75) is 19.3 Å². The second-order valence-corrected chi connectivity index (χ2v) is 4.62. The van der Waals surface area contributed by atoms with Gasteiger partial charge in [0.2, 0.25) is 0 Å². The molecule has 2 N–H and O–H groups in total. The molecule has 0 atom stereocenters. The molecule has 16 heavy (non-hydrogen) atoms. The van der Waals surface area contributed by atoms with Gasteiger partial charge in [-0.2, -0.15) is 0 Å². The van der Waals surface area contributed by atoms with Gasteiger partial charge in [-0.15, -0.1) is 0 Å². The van der Waals surface area contributed by atoms with E-state index in [0.29, 0.717) is 12.0 Å². The minimum Gasteiger partial charge on any atom is -0.481 e. The van der Waals surface area contributed by atoms with E-state index in [1.807, 2.05) is 6.07 Å². The standard InChI is InChI=1S/C11H11IO4/c12-9-3-1-7(2-4-10(13)14)8(5-9)6-11(15)16/h1,3,5H,2,4,6H2,(H,13,14)(H,15,16). The molecule has 1 aromatic rings. The summed E-state index contributed by atoms with van der Waals surface area (Å²) in [5, 5.41) is 17.3. The van der Waals surface area contributed by atoms with Crippen LogP contribution in [0.1, 0.15) is 17.5 Å². The molecule has 0 saturated carbocycles. The minimum absolute atomic E-state index is 0.0210. The summed E-state index contributed by atoms with van der Waals surface area (Å²) in [6.45, 7) is 0. The summed E-state index contributed by atoms with van der Waals surface area (Å²) in [6.07, 6.45) is 0.327.